The van der Waals surface area contributed by atoms with Gasteiger partial charge in [0.25, 0.3) is 0 Å². The molecule has 6 heteroatoms. The minimum atomic E-state index is 0.0816. The van der Waals surface area contributed by atoms with E-state index in [0.717, 1.165) is 36.5 Å². The number of amides is 1. The predicted octanol–water partition coefficient (Wildman–Crippen LogP) is 2.30. The van der Waals surface area contributed by atoms with Gasteiger partial charge in [-0.15, -0.1) is 0 Å². The van der Waals surface area contributed by atoms with E-state index < -0.39 is 0 Å². The molecule has 4 rings (SSSR count). The molecule has 1 aliphatic heterocycles. The van der Waals surface area contributed by atoms with Crippen LogP contribution in [0.2, 0.25) is 0 Å². The molecule has 1 amide bonds. The highest BCUT2D eigenvalue weighted by Crippen LogP contribution is 2.41. The second kappa shape index (κ2) is 8.71. The van der Waals surface area contributed by atoms with Gasteiger partial charge in [0, 0.05) is 38.1 Å². The van der Waals surface area contributed by atoms with Crippen LogP contribution in [-0.2, 0) is 4.79 Å². The highest BCUT2D eigenvalue weighted by molar-refractivity contribution is 5.78. The van der Waals surface area contributed by atoms with Crippen LogP contribution in [0.1, 0.15) is 36.1 Å². The fourth-order valence-electron chi connectivity index (χ4n) is 3.96. The van der Waals surface area contributed by atoms with E-state index in [1.54, 1.807) is 13.3 Å². The predicted molar refractivity (Wildman–Crippen MR) is 108 cm³/mol. The third kappa shape index (κ3) is 4.51. The Balaban J connectivity index is 1.42. The first-order valence-electron chi connectivity index (χ1n) is 10.0. The summed E-state index contributed by atoms with van der Waals surface area (Å²) in [4.78, 5) is 19.4. The zero-order chi connectivity index (χ0) is 19.3. The monoisotopic (exact) mass is 380 g/mol. The summed E-state index contributed by atoms with van der Waals surface area (Å²) >= 11 is 0. The molecule has 2 heterocycles. The lowest BCUT2D eigenvalue weighted by molar-refractivity contribution is -0.124. The van der Waals surface area contributed by atoms with Crippen LogP contribution in [0.5, 0.6) is 5.75 Å². The molecule has 1 aliphatic carbocycles. The summed E-state index contributed by atoms with van der Waals surface area (Å²) in [5.41, 5.74) is 2.30. The van der Waals surface area contributed by atoms with Gasteiger partial charge in [0.2, 0.25) is 5.91 Å². The summed E-state index contributed by atoms with van der Waals surface area (Å²) < 4.78 is 5.26. The van der Waals surface area contributed by atoms with Gasteiger partial charge in [-0.25, -0.2) is 0 Å². The van der Waals surface area contributed by atoms with Gasteiger partial charge in [0.15, 0.2) is 0 Å². The van der Waals surface area contributed by atoms with E-state index in [-0.39, 0.29) is 18.0 Å². The van der Waals surface area contributed by atoms with Crippen molar-refractivity contribution < 1.29 is 9.53 Å². The van der Waals surface area contributed by atoms with E-state index in [9.17, 15) is 4.79 Å². The molecule has 2 fully saturated rings. The molecule has 2 aromatic rings. The molecule has 28 heavy (non-hydrogen) atoms. The van der Waals surface area contributed by atoms with Crippen molar-refractivity contribution in [1.29, 1.82) is 0 Å². The van der Waals surface area contributed by atoms with Crippen molar-refractivity contribution in [3.63, 3.8) is 0 Å². The number of rotatable bonds is 7. The number of nitrogens with zero attached hydrogens (tertiary/aromatic N) is 2. The Labute approximate surface area is 166 Å². The van der Waals surface area contributed by atoms with E-state index >= 15 is 0 Å². The van der Waals surface area contributed by atoms with Crippen molar-refractivity contribution in [2.45, 2.75) is 24.9 Å². The van der Waals surface area contributed by atoms with E-state index in [1.807, 2.05) is 24.4 Å². The zero-order valence-corrected chi connectivity index (χ0v) is 16.3. The van der Waals surface area contributed by atoms with Crippen LogP contribution in [0.4, 0.5) is 0 Å². The van der Waals surface area contributed by atoms with Gasteiger partial charge in [0.05, 0.1) is 19.7 Å². The van der Waals surface area contributed by atoms with E-state index in [2.05, 4.69) is 38.7 Å². The molecule has 1 aromatic heterocycles. The maximum absolute atomic E-state index is 12.9. The number of benzene rings is 1. The van der Waals surface area contributed by atoms with Crippen molar-refractivity contribution in [2.75, 3.05) is 33.3 Å². The smallest absolute Gasteiger partial charge is 0.234 e. The fraction of sp³-hybridized carbons (Fsp3) is 0.455. The highest BCUT2D eigenvalue weighted by Gasteiger charge is 2.34. The molecule has 2 N–H and O–H groups in total. The summed E-state index contributed by atoms with van der Waals surface area (Å²) in [6.07, 6.45) is 6.02. The van der Waals surface area contributed by atoms with Gasteiger partial charge in [-0.05, 0) is 48.1 Å². The maximum Gasteiger partial charge on any atom is 0.234 e. The van der Waals surface area contributed by atoms with Crippen LogP contribution in [0.25, 0.3) is 0 Å². The summed E-state index contributed by atoms with van der Waals surface area (Å²) in [6.45, 7) is 2.99. The average Bonchev–Trinajstić information content (AvgIpc) is 3.58. The van der Waals surface area contributed by atoms with Crippen LogP contribution in [0.15, 0.2) is 48.8 Å². The van der Waals surface area contributed by atoms with Gasteiger partial charge in [0.1, 0.15) is 5.75 Å². The molecule has 148 valence electrons. The lowest BCUT2D eigenvalue weighted by Crippen LogP contribution is -2.50. The topological polar surface area (TPSA) is 66.5 Å². The zero-order valence-electron chi connectivity index (χ0n) is 16.3. The van der Waals surface area contributed by atoms with Crippen LogP contribution >= 0.6 is 0 Å². The lowest BCUT2D eigenvalue weighted by atomic mass is 10.0. The first kappa shape index (κ1) is 18.9. The second-order valence-corrected chi connectivity index (χ2v) is 7.63. The number of methoxy groups -OCH3 is 1. The van der Waals surface area contributed by atoms with Gasteiger partial charge >= 0.3 is 0 Å². The van der Waals surface area contributed by atoms with Crippen LogP contribution < -0.4 is 15.4 Å². The standard InChI is InChI=1S/C22H28N4O2/c1-28-19-8-6-17(7-9-19)22(16-4-5-16)25-21(27)15-26-12-11-24-14-20(26)18-3-2-10-23-13-18/h2-3,6-10,13,16,20,22,24H,4-5,11-12,14-15H2,1H3,(H,25,27). The molecule has 6 nitrogen and oxygen atoms in total. The average molecular weight is 380 g/mol. The highest BCUT2D eigenvalue weighted by atomic mass is 16.5. The molecule has 0 radical (unpaired) electrons. The van der Waals surface area contributed by atoms with Crippen molar-refractivity contribution in [3.05, 3.63) is 59.9 Å². The van der Waals surface area contributed by atoms with Crippen molar-refractivity contribution in [3.8, 4) is 5.75 Å². The SMILES string of the molecule is COc1ccc(C(NC(=O)CN2CCNCC2c2cccnc2)C2CC2)cc1. The number of carbonyl (C=O) groups is 1. The molecule has 2 aliphatic rings. The lowest BCUT2D eigenvalue weighted by Gasteiger charge is -2.36. The minimum Gasteiger partial charge on any atom is -0.497 e. The molecule has 1 saturated carbocycles. The third-order valence-corrected chi connectivity index (χ3v) is 5.65. The van der Waals surface area contributed by atoms with Gasteiger partial charge < -0.3 is 15.4 Å². The quantitative estimate of drug-likeness (QED) is 0.772. The van der Waals surface area contributed by atoms with E-state index in [1.165, 1.54) is 12.8 Å². The largest absolute Gasteiger partial charge is 0.497 e. The Morgan fingerprint density at radius 3 is 2.82 bits per heavy atom. The number of ether oxygens (including phenoxy) is 1. The molecule has 1 saturated heterocycles. The summed E-state index contributed by atoms with van der Waals surface area (Å²) in [5.74, 6) is 1.46. The Kier molecular flexibility index (Phi) is 5.88. The van der Waals surface area contributed by atoms with Crippen molar-refractivity contribution >= 4 is 5.91 Å². The number of piperazine rings is 1. The first-order chi connectivity index (χ1) is 13.7. The minimum absolute atomic E-state index is 0.0816. The second-order valence-electron chi connectivity index (χ2n) is 7.63. The van der Waals surface area contributed by atoms with Gasteiger partial charge in [-0.1, -0.05) is 18.2 Å². The molecule has 1 aromatic carbocycles. The number of pyridine rings is 1. The number of nitrogens with one attached hydrogen (secondary N) is 2. The molecular formula is C22H28N4O2. The van der Waals surface area contributed by atoms with Crippen LogP contribution in [0.3, 0.4) is 0 Å². The number of carbonyl (C=O) groups excluding carboxylic acids is 1. The molecule has 0 spiro atoms. The molecule has 2 atom stereocenters. The molecule has 0 bridgehead atoms. The number of hydrogen-bond acceptors (Lipinski definition) is 5. The fourth-order valence-corrected chi connectivity index (χ4v) is 3.96. The Morgan fingerprint density at radius 1 is 1.32 bits per heavy atom. The van der Waals surface area contributed by atoms with Gasteiger partial charge in [-0.2, -0.15) is 0 Å². The van der Waals surface area contributed by atoms with Crippen molar-refractivity contribution in [1.82, 2.24) is 20.5 Å². The Morgan fingerprint density at radius 2 is 2.14 bits per heavy atom. The van der Waals surface area contributed by atoms with E-state index in [0.29, 0.717) is 12.5 Å². The van der Waals surface area contributed by atoms with Gasteiger partial charge in [-0.3, -0.25) is 14.7 Å². The Hall–Kier alpha value is -2.44. The third-order valence-electron chi connectivity index (χ3n) is 5.65. The summed E-state index contributed by atoms with van der Waals surface area (Å²) in [7, 11) is 1.67. The number of aromatic nitrogens is 1. The maximum atomic E-state index is 12.9. The summed E-state index contributed by atoms with van der Waals surface area (Å²) in [5, 5.41) is 6.72. The molecule has 2 unspecified atom stereocenters. The van der Waals surface area contributed by atoms with E-state index in [4.69, 9.17) is 4.74 Å². The number of hydrogen-bond donors (Lipinski definition) is 2. The molecular weight excluding hydrogens is 352 g/mol. The van der Waals surface area contributed by atoms with Crippen LogP contribution in [-0.4, -0.2) is 49.1 Å². The van der Waals surface area contributed by atoms with Crippen molar-refractivity contribution in [2.24, 2.45) is 5.92 Å². The summed E-state index contributed by atoms with van der Waals surface area (Å²) in [6, 6.07) is 12.3. The Bertz CT molecular complexity index is 777. The first-order valence-corrected chi connectivity index (χ1v) is 10.0. The normalized spacial score (nSPS) is 21.1. The van der Waals surface area contributed by atoms with Crippen LogP contribution in [0, 0.1) is 5.92 Å².